The zero-order valence-corrected chi connectivity index (χ0v) is 12.7. The van der Waals surface area contributed by atoms with Gasteiger partial charge in [0.15, 0.2) is 0 Å². The first-order chi connectivity index (χ1) is 11.4. The van der Waals surface area contributed by atoms with Crippen molar-refractivity contribution in [1.29, 1.82) is 0 Å². The van der Waals surface area contributed by atoms with Gasteiger partial charge in [0.25, 0.3) is 5.69 Å². The van der Waals surface area contributed by atoms with E-state index in [-0.39, 0.29) is 17.9 Å². The summed E-state index contributed by atoms with van der Waals surface area (Å²) >= 11 is 0. The highest BCUT2D eigenvalue weighted by molar-refractivity contribution is 5.44. The molecule has 9 heteroatoms. The summed E-state index contributed by atoms with van der Waals surface area (Å²) < 4.78 is 10.8. The maximum Gasteiger partial charge on any atom is 0.269 e. The number of non-ortho nitro benzene ring substituents is 1. The van der Waals surface area contributed by atoms with Gasteiger partial charge >= 0.3 is 0 Å². The van der Waals surface area contributed by atoms with Gasteiger partial charge in [0.1, 0.15) is 30.2 Å². The fourth-order valence-electron chi connectivity index (χ4n) is 2.40. The molecule has 0 unspecified atom stereocenters. The lowest BCUT2D eigenvalue weighted by molar-refractivity contribution is -0.385. The Morgan fingerprint density at radius 2 is 2.00 bits per heavy atom. The van der Waals surface area contributed by atoms with Crippen LogP contribution in [0, 0.1) is 10.1 Å². The fourth-order valence-corrected chi connectivity index (χ4v) is 2.40. The first-order valence-electron chi connectivity index (χ1n) is 7.24. The Bertz CT molecular complexity index is 605. The van der Waals surface area contributed by atoms with Crippen molar-refractivity contribution in [2.45, 2.75) is 37.1 Å². The van der Waals surface area contributed by atoms with Crippen LogP contribution in [-0.2, 0) is 11.2 Å². The second-order valence-corrected chi connectivity index (χ2v) is 5.36. The summed E-state index contributed by atoms with van der Waals surface area (Å²) in [5.41, 5.74) is 0.309. The van der Waals surface area contributed by atoms with Crippen LogP contribution in [0.1, 0.15) is 5.56 Å². The van der Waals surface area contributed by atoms with Gasteiger partial charge in [-0.2, -0.15) is 0 Å². The number of nitro benzene ring substituents is 1. The predicted octanol–water partition coefficient (Wildman–Crippen LogP) is -0.498. The Kier molecular flexibility index (Phi) is 5.86. The van der Waals surface area contributed by atoms with E-state index in [0.29, 0.717) is 5.56 Å². The maximum absolute atomic E-state index is 10.9. The summed E-state index contributed by atoms with van der Waals surface area (Å²) in [5, 5.41) is 49.5. The van der Waals surface area contributed by atoms with Gasteiger partial charge in [0.2, 0.25) is 6.29 Å². The van der Waals surface area contributed by atoms with Crippen molar-refractivity contribution in [3.8, 4) is 5.75 Å². The summed E-state index contributed by atoms with van der Waals surface area (Å²) in [6, 6.07) is 3.88. The fraction of sp³-hybridized carbons (Fsp3) is 0.467. The third-order valence-electron chi connectivity index (χ3n) is 3.71. The first kappa shape index (κ1) is 18.3. The summed E-state index contributed by atoms with van der Waals surface area (Å²) in [6.45, 7) is 2.99. The molecule has 0 saturated carbocycles. The van der Waals surface area contributed by atoms with Crippen LogP contribution in [-0.4, -0.2) is 62.7 Å². The molecule has 1 aromatic rings. The highest BCUT2D eigenvalue weighted by Gasteiger charge is 2.44. The Labute approximate surface area is 137 Å². The van der Waals surface area contributed by atoms with Crippen LogP contribution in [0.2, 0.25) is 0 Å². The van der Waals surface area contributed by atoms with Crippen LogP contribution < -0.4 is 4.74 Å². The molecule has 5 atom stereocenters. The van der Waals surface area contributed by atoms with E-state index in [4.69, 9.17) is 14.6 Å². The zero-order chi connectivity index (χ0) is 17.9. The molecule has 1 heterocycles. The summed E-state index contributed by atoms with van der Waals surface area (Å²) in [4.78, 5) is 10.3. The first-order valence-corrected chi connectivity index (χ1v) is 7.24. The molecule has 1 aromatic carbocycles. The van der Waals surface area contributed by atoms with Gasteiger partial charge in [-0.3, -0.25) is 10.1 Å². The van der Waals surface area contributed by atoms with Gasteiger partial charge in [-0.1, -0.05) is 6.08 Å². The second kappa shape index (κ2) is 7.69. The lowest BCUT2D eigenvalue weighted by atomic mass is 9.99. The molecular formula is C15H19NO8. The molecule has 0 spiro atoms. The molecule has 24 heavy (non-hydrogen) atoms. The van der Waals surface area contributed by atoms with Crippen molar-refractivity contribution in [2.75, 3.05) is 6.61 Å². The minimum atomic E-state index is -1.57. The molecular weight excluding hydrogens is 322 g/mol. The number of ether oxygens (including phenoxy) is 2. The van der Waals surface area contributed by atoms with Crippen LogP contribution in [0.5, 0.6) is 5.75 Å². The Morgan fingerprint density at radius 3 is 2.58 bits per heavy atom. The maximum atomic E-state index is 10.9. The number of aliphatic hydroxyl groups excluding tert-OH is 4. The smallest absolute Gasteiger partial charge is 0.269 e. The van der Waals surface area contributed by atoms with E-state index in [9.17, 15) is 25.4 Å². The molecule has 0 bridgehead atoms. The van der Waals surface area contributed by atoms with Crippen molar-refractivity contribution in [3.05, 3.63) is 46.5 Å². The van der Waals surface area contributed by atoms with E-state index >= 15 is 0 Å². The minimum Gasteiger partial charge on any atom is -0.462 e. The predicted molar refractivity (Wildman–Crippen MR) is 81.4 cm³/mol. The lowest BCUT2D eigenvalue weighted by Gasteiger charge is -2.39. The van der Waals surface area contributed by atoms with Crippen LogP contribution in [0.25, 0.3) is 0 Å². The van der Waals surface area contributed by atoms with Crippen LogP contribution in [0.3, 0.4) is 0 Å². The van der Waals surface area contributed by atoms with E-state index in [0.717, 1.165) is 0 Å². The van der Waals surface area contributed by atoms with Crippen molar-refractivity contribution in [2.24, 2.45) is 0 Å². The average molecular weight is 341 g/mol. The van der Waals surface area contributed by atoms with Gasteiger partial charge in [-0.05, 0) is 12.5 Å². The molecule has 9 nitrogen and oxygen atoms in total. The number of hydrogen-bond acceptors (Lipinski definition) is 8. The van der Waals surface area contributed by atoms with E-state index in [1.165, 1.54) is 24.3 Å². The molecule has 1 fully saturated rings. The molecule has 132 valence electrons. The standard InChI is InChI=1S/C15H19NO8/c1-2-3-8-6-9(16(21)22)4-5-10(8)23-15-14(20)13(19)12(18)11(7-17)24-15/h2,4-6,11-15,17-20H,1,3,7H2/t11-,12-,13+,14-,15-/m1/s1. The van der Waals surface area contributed by atoms with Crippen LogP contribution >= 0.6 is 0 Å². The molecule has 0 amide bonds. The van der Waals surface area contributed by atoms with Gasteiger partial charge < -0.3 is 29.9 Å². The SMILES string of the molecule is C=CCc1cc([N+](=O)[O-])ccc1O[C@@H]1O[C@H](CO)[C@@H](O)[C@H](O)[C@H]1O. The van der Waals surface area contributed by atoms with E-state index in [2.05, 4.69) is 6.58 Å². The lowest BCUT2D eigenvalue weighted by Crippen LogP contribution is -2.60. The molecule has 1 aliphatic rings. The third kappa shape index (κ3) is 3.71. The zero-order valence-electron chi connectivity index (χ0n) is 12.7. The number of aliphatic hydroxyl groups is 4. The topological polar surface area (TPSA) is 143 Å². The molecule has 0 radical (unpaired) electrons. The molecule has 1 saturated heterocycles. The quantitative estimate of drug-likeness (QED) is 0.308. The number of hydrogen-bond donors (Lipinski definition) is 4. The highest BCUT2D eigenvalue weighted by Crippen LogP contribution is 2.29. The largest absolute Gasteiger partial charge is 0.462 e. The summed E-state index contributed by atoms with van der Waals surface area (Å²) in [5.74, 6) is 0.199. The van der Waals surface area contributed by atoms with Gasteiger partial charge in [-0.25, -0.2) is 0 Å². The second-order valence-electron chi connectivity index (χ2n) is 5.36. The van der Waals surface area contributed by atoms with Gasteiger partial charge in [0.05, 0.1) is 11.5 Å². The van der Waals surface area contributed by atoms with Gasteiger partial charge in [0, 0.05) is 17.7 Å². The van der Waals surface area contributed by atoms with Crippen molar-refractivity contribution >= 4 is 5.69 Å². The number of rotatable bonds is 6. The number of allylic oxidation sites excluding steroid dienone is 1. The van der Waals surface area contributed by atoms with Crippen molar-refractivity contribution in [3.63, 3.8) is 0 Å². The van der Waals surface area contributed by atoms with E-state index in [1.54, 1.807) is 0 Å². The highest BCUT2D eigenvalue weighted by atomic mass is 16.7. The molecule has 1 aliphatic heterocycles. The average Bonchev–Trinajstić information content (AvgIpc) is 2.56. The number of nitro groups is 1. The van der Waals surface area contributed by atoms with E-state index < -0.39 is 42.2 Å². The van der Waals surface area contributed by atoms with E-state index in [1.807, 2.05) is 0 Å². The monoisotopic (exact) mass is 341 g/mol. The Hall–Kier alpha value is -2.04. The number of nitrogens with zero attached hydrogens (tertiary/aromatic N) is 1. The minimum absolute atomic E-state index is 0.131. The van der Waals surface area contributed by atoms with Crippen LogP contribution in [0.15, 0.2) is 30.9 Å². The summed E-state index contributed by atoms with van der Waals surface area (Å²) in [6.07, 6.45) is -5.28. The van der Waals surface area contributed by atoms with Gasteiger partial charge in [-0.15, -0.1) is 6.58 Å². The molecule has 2 rings (SSSR count). The number of benzene rings is 1. The van der Waals surface area contributed by atoms with Crippen molar-refractivity contribution in [1.82, 2.24) is 0 Å². The van der Waals surface area contributed by atoms with Crippen LogP contribution in [0.4, 0.5) is 5.69 Å². The molecule has 0 aromatic heterocycles. The molecule has 0 aliphatic carbocycles. The Morgan fingerprint density at radius 1 is 1.29 bits per heavy atom. The summed E-state index contributed by atoms with van der Waals surface area (Å²) in [7, 11) is 0. The Balaban J connectivity index is 2.25. The third-order valence-corrected chi connectivity index (χ3v) is 3.71. The normalized spacial score (nSPS) is 29.9. The van der Waals surface area contributed by atoms with Crippen molar-refractivity contribution < 1.29 is 34.8 Å². The molecule has 4 N–H and O–H groups in total.